The van der Waals surface area contributed by atoms with Crippen LogP contribution < -0.4 is 5.32 Å². The van der Waals surface area contributed by atoms with Crippen molar-refractivity contribution >= 4 is 11.3 Å². The highest BCUT2D eigenvalue weighted by molar-refractivity contribution is 7.11. The van der Waals surface area contributed by atoms with Crippen LogP contribution in [0.3, 0.4) is 0 Å². The number of hydrogen-bond acceptors (Lipinski definition) is 3. The Morgan fingerprint density at radius 1 is 1.13 bits per heavy atom. The molecule has 82 valence electrons. The number of nitrogens with zero attached hydrogens (tertiary/aromatic N) is 1. The van der Waals surface area contributed by atoms with E-state index in [2.05, 4.69) is 12.2 Å². The molecule has 1 aliphatic heterocycles. The first-order chi connectivity index (χ1) is 7.34. The zero-order chi connectivity index (χ0) is 10.3. The summed E-state index contributed by atoms with van der Waals surface area (Å²) >= 11 is 1.95. The Balaban J connectivity index is 1.82. The van der Waals surface area contributed by atoms with Crippen LogP contribution >= 0.6 is 11.3 Å². The third kappa shape index (κ3) is 1.95. The molecule has 2 fully saturated rings. The first-order valence-electron chi connectivity index (χ1n) is 6.02. The number of piperidine rings is 1. The molecule has 2 aliphatic rings. The maximum atomic E-state index is 4.89. The van der Waals surface area contributed by atoms with Crippen LogP contribution in [0.2, 0.25) is 0 Å². The third-order valence-corrected chi connectivity index (χ3v) is 4.65. The maximum Gasteiger partial charge on any atom is 0.0962 e. The quantitative estimate of drug-likeness (QED) is 0.832. The maximum absolute atomic E-state index is 4.89. The molecule has 0 unspecified atom stereocenters. The predicted molar refractivity (Wildman–Crippen MR) is 63.7 cm³/mol. The van der Waals surface area contributed by atoms with Gasteiger partial charge >= 0.3 is 0 Å². The van der Waals surface area contributed by atoms with Gasteiger partial charge in [0, 0.05) is 16.7 Å². The van der Waals surface area contributed by atoms with E-state index in [1.807, 2.05) is 11.3 Å². The molecule has 0 spiro atoms. The second kappa shape index (κ2) is 3.87. The Labute approximate surface area is 95.1 Å². The molecule has 2 nitrogen and oxygen atoms in total. The number of aryl methyl sites for hydroxylation is 1. The van der Waals surface area contributed by atoms with Crippen LogP contribution in [0.15, 0.2) is 0 Å². The van der Waals surface area contributed by atoms with E-state index in [1.165, 1.54) is 54.4 Å². The fraction of sp³-hybridized carbons (Fsp3) is 0.750. The summed E-state index contributed by atoms with van der Waals surface area (Å²) in [6.45, 7) is 4.59. The van der Waals surface area contributed by atoms with Gasteiger partial charge in [-0.1, -0.05) is 0 Å². The molecule has 0 radical (unpaired) electrons. The molecular weight excluding hydrogens is 204 g/mol. The van der Waals surface area contributed by atoms with Crippen molar-refractivity contribution in [3.63, 3.8) is 0 Å². The summed E-state index contributed by atoms with van der Waals surface area (Å²) in [6, 6.07) is 0. The minimum atomic E-state index is 0.731. The second-order valence-electron chi connectivity index (χ2n) is 4.79. The number of rotatable bonds is 2. The van der Waals surface area contributed by atoms with Crippen molar-refractivity contribution in [2.45, 2.75) is 44.4 Å². The lowest BCUT2D eigenvalue weighted by Gasteiger charge is -2.21. The number of hydrogen-bond donors (Lipinski definition) is 1. The van der Waals surface area contributed by atoms with Crippen molar-refractivity contribution in [3.05, 3.63) is 15.6 Å². The lowest BCUT2D eigenvalue weighted by molar-refractivity contribution is 0.453. The van der Waals surface area contributed by atoms with Crippen molar-refractivity contribution in [2.24, 2.45) is 0 Å². The number of thiazole rings is 1. The lowest BCUT2D eigenvalue weighted by Crippen LogP contribution is -2.27. The van der Waals surface area contributed by atoms with Crippen LogP contribution in [0, 0.1) is 6.92 Å². The van der Waals surface area contributed by atoms with Gasteiger partial charge in [0.25, 0.3) is 0 Å². The van der Waals surface area contributed by atoms with Crippen molar-refractivity contribution < 1.29 is 0 Å². The molecule has 0 amide bonds. The van der Waals surface area contributed by atoms with Gasteiger partial charge in [-0.05, 0) is 45.7 Å². The van der Waals surface area contributed by atoms with Gasteiger partial charge in [0.15, 0.2) is 0 Å². The number of aromatic nitrogens is 1. The lowest BCUT2D eigenvalue weighted by atomic mass is 9.94. The van der Waals surface area contributed by atoms with E-state index in [0.717, 1.165) is 11.8 Å². The summed E-state index contributed by atoms with van der Waals surface area (Å²) in [5, 5.41) is 4.84. The van der Waals surface area contributed by atoms with Gasteiger partial charge in [-0.15, -0.1) is 11.3 Å². The molecule has 15 heavy (non-hydrogen) atoms. The minimum Gasteiger partial charge on any atom is -0.317 e. The van der Waals surface area contributed by atoms with Gasteiger partial charge in [0.2, 0.25) is 0 Å². The standard InChI is InChI=1S/C12H18N2S/c1-8-11(9-4-6-13-7-5-9)14-12(15-8)10-2-3-10/h9-10,13H,2-7H2,1H3. The van der Waals surface area contributed by atoms with Gasteiger partial charge < -0.3 is 5.32 Å². The topological polar surface area (TPSA) is 24.9 Å². The minimum absolute atomic E-state index is 0.731. The second-order valence-corrected chi connectivity index (χ2v) is 6.03. The predicted octanol–water partition coefficient (Wildman–Crippen LogP) is 2.80. The van der Waals surface area contributed by atoms with Crippen molar-refractivity contribution in [1.29, 1.82) is 0 Å². The SMILES string of the molecule is Cc1sc(C2CC2)nc1C1CCNCC1. The Kier molecular flexibility index (Phi) is 2.53. The largest absolute Gasteiger partial charge is 0.317 e. The molecule has 3 heteroatoms. The van der Waals surface area contributed by atoms with Crippen LogP contribution in [0.5, 0.6) is 0 Å². The first kappa shape index (κ1) is 9.79. The molecule has 2 heterocycles. The van der Waals surface area contributed by atoms with Crippen molar-refractivity contribution in [1.82, 2.24) is 10.3 Å². The average molecular weight is 222 g/mol. The van der Waals surface area contributed by atoms with Crippen LogP contribution in [-0.4, -0.2) is 18.1 Å². The summed E-state index contributed by atoms with van der Waals surface area (Å²) in [7, 11) is 0. The Bertz CT molecular complexity index is 349. The monoisotopic (exact) mass is 222 g/mol. The zero-order valence-electron chi connectivity index (χ0n) is 9.25. The van der Waals surface area contributed by atoms with Crippen LogP contribution in [0.1, 0.15) is 53.1 Å². The van der Waals surface area contributed by atoms with Gasteiger partial charge in [-0.2, -0.15) is 0 Å². The highest BCUT2D eigenvalue weighted by atomic mass is 32.1. The molecule has 1 aromatic heterocycles. The summed E-state index contributed by atoms with van der Waals surface area (Å²) in [5.41, 5.74) is 1.42. The molecule has 0 atom stereocenters. The summed E-state index contributed by atoms with van der Waals surface area (Å²) in [5.74, 6) is 1.55. The third-order valence-electron chi connectivity index (χ3n) is 3.50. The normalized spacial score (nSPS) is 23.3. The van der Waals surface area contributed by atoms with E-state index in [4.69, 9.17) is 4.98 Å². The fourth-order valence-corrected chi connectivity index (χ4v) is 3.59. The van der Waals surface area contributed by atoms with Crippen LogP contribution in [0.25, 0.3) is 0 Å². The highest BCUT2D eigenvalue weighted by Crippen LogP contribution is 2.44. The van der Waals surface area contributed by atoms with Crippen LogP contribution in [-0.2, 0) is 0 Å². The molecule has 1 saturated heterocycles. The molecule has 1 aliphatic carbocycles. The fourth-order valence-electron chi connectivity index (χ4n) is 2.41. The van der Waals surface area contributed by atoms with Gasteiger partial charge in [0.05, 0.1) is 10.7 Å². The van der Waals surface area contributed by atoms with Crippen molar-refractivity contribution in [2.75, 3.05) is 13.1 Å². The zero-order valence-corrected chi connectivity index (χ0v) is 10.1. The molecule has 0 aromatic carbocycles. The number of nitrogens with one attached hydrogen (secondary N) is 1. The molecule has 1 N–H and O–H groups in total. The summed E-state index contributed by atoms with van der Waals surface area (Å²) < 4.78 is 0. The van der Waals surface area contributed by atoms with E-state index in [-0.39, 0.29) is 0 Å². The van der Waals surface area contributed by atoms with Gasteiger partial charge in [0.1, 0.15) is 0 Å². The van der Waals surface area contributed by atoms with Crippen LogP contribution in [0.4, 0.5) is 0 Å². The summed E-state index contributed by atoms with van der Waals surface area (Å²) in [4.78, 5) is 6.36. The Hall–Kier alpha value is -0.410. The van der Waals surface area contributed by atoms with Crippen molar-refractivity contribution in [3.8, 4) is 0 Å². The smallest absolute Gasteiger partial charge is 0.0962 e. The highest BCUT2D eigenvalue weighted by Gasteiger charge is 2.29. The average Bonchev–Trinajstić information content (AvgIpc) is 3.04. The molecular formula is C12H18N2S. The van der Waals surface area contributed by atoms with Gasteiger partial charge in [-0.25, -0.2) is 4.98 Å². The Morgan fingerprint density at radius 3 is 2.53 bits per heavy atom. The van der Waals surface area contributed by atoms with E-state index in [0.29, 0.717) is 0 Å². The van der Waals surface area contributed by atoms with E-state index < -0.39 is 0 Å². The van der Waals surface area contributed by atoms with E-state index >= 15 is 0 Å². The van der Waals surface area contributed by atoms with E-state index in [1.54, 1.807) is 0 Å². The molecule has 0 bridgehead atoms. The molecule has 3 rings (SSSR count). The van der Waals surface area contributed by atoms with Gasteiger partial charge in [-0.3, -0.25) is 0 Å². The summed E-state index contributed by atoms with van der Waals surface area (Å²) in [6.07, 6.45) is 5.29. The molecule has 1 aromatic rings. The molecule has 1 saturated carbocycles. The Morgan fingerprint density at radius 2 is 1.87 bits per heavy atom. The van der Waals surface area contributed by atoms with E-state index in [9.17, 15) is 0 Å². The first-order valence-corrected chi connectivity index (χ1v) is 6.84.